The van der Waals surface area contributed by atoms with Gasteiger partial charge < -0.3 is 4.74 Å². The van der Waals surface area contributed by atoms with Crippen LogP contribution in [0.5, 0.6) is 5.75 Å². The van der Waals surface area contributed by atoms with Gasteiger partial charge in [-0.15, -0.1) is 0 Å². The third-order valence-electron chi connectivity index (χ3n) is 1.83. The number of nitrogens with one attached hydrogen (secondary N) is 1. The number of alkyl halides is 3. The van der Waals surface area contributed by atoms with E-state index in [0.29, 0.717) is 10.9 Å². The molecular formula is C11H10F3N3OS. The Morgan fingerprint density at radius 3 is 2.53 bits per heavy atom. The lowest BCUT2D eigenvalue weighted by molar-refractivity contribution is -0.153. The van der Waals surface area contributed by atoms with E-state index in [1.165, 1.54) is 36.0 Å². The van der Waals surface area contributed by atoms with E-state index < -0.39 is 12.8 Å². The first-order valence-corrected chi connectivity index (χ1v) is 6.24. The lowest BCUT2D eigenvalue weighted by Crippen LogP contribution is -2.19. The van der Waals surface area contributed by atoms with Gasteiger partial charge >= 0.3 is 6.18 Å². The molecule has 19 heavy (non-hydrogen) atoms. The minimum Gasteiger partial charge on any atom is -0.484 e. The number of hydrogen-bond acceptors (Lipinski definition) is 4. The van der Waals surface area contributed by atoms with Gasteiger partial charge in [0.15, 0.2) is 18.0 Å². The third kappa shape index (κ3) is 6.01. The average Bonchev–Trinajstić information content (AvgIpc) is 2.36. The van der Waals surface area contributed by atoms with E-state index in [9.17, 15) is 13.2 Å². The van der Waals surface area contributed by atoms with Gasteiger partial charge in [-0.25, -0.2) is 4.99 Å². The Morgan fingerprint density at radius 2 is 2.05 bits per heavy atom. The molecule has 1 aromatic carbocycles. The highest BCUT2D eigenvalue weighted by Crippen LogP contribution is 2.22. The Labute approximate surface area is 112 Å². The van der Waals surface area contributed by atoms with Crippen LogP contribution in [0.3, 0.4) is 0 Å². The van der Waals surface area contributed by atoms with Crippen molar-refractivity contribution in [2.45, 2.75) is 6.18 Å². The zero-order chi connectivity index (χ0) is 14.3. The van der Waals surface area contributed by atoms with E-state index in [2.05, 4.69) is 15.0 Å². The Bertz CT molecular complexity index is 479. The summed E-state index contributed by atoms with van der Waals surface area (Å²) in [6.07, 6.45) is -0.886. The summed E-state index contributed by atoms with van der Waals surface area (Å²) in [4.78, 5) is 4.09. The molecule has 1 N–H and O–H groups in total. The summed E-state index contributed by atoms with van der Waals surface area (Å²) < 4.78 is 40.4. The predicted molar refractivity (Wildman–Crippen MR) is 67.4 cm³/mol. The molecule has 0 atom stereocenters. The minimum absolute atomic E-state index is 0.107. The summed E-state index contributed by atoms with van der Waals surface area (Å²) in [5, 5.41) is 11.2. The highest BCUT2D eigenvalue weighted by molar-refractivity contribution is 8.13. The standard InChI is InChI=1S/C11H10F3N3OS/c1-19-10(16-7-15)17-8-2-4-9(5-3-8)18-6-11(12,13)14/h2-5H,6H2,1H3,(H,16,17). The van der Waals surface area contributed by atoms with Crippen LogP contribution in [0, 0.1) is 11.5 Å². The summed E-state index contributed by atoms with van der Waals surface area (Å²) in [7, 11) is 0. The van der Waals surface area contributed by atoms with E-state index in [-0.39, 0.29) is 5.75 Å². The molecule has 0 radical (unpaired) electrons. The summed E-state index contributed by atoms with van der Waals surface area (Å²) in [5.41, 5.74) is 0.506. The molecule has 0 aliphatic heterocycles. The van der Waals surface area contributed by atoms with Crippen molar-refractivity contribution in [1.29, 1.82) is 5.26 Å². The van der Waals surface area contributed by atoms with Gasteiger partial charge in [-0.2, -0.15) is 18.4 Å². The van der Waals surface area contributed by atoms with Crippen molar-refractivity contribution in [1.82, 2.24) is 5.32 Å². The molecule has 8 heteroatoms. The topological polar surface area (TPSA) is 57.4 Å². The second-order valence-corrected chi connectivity index (χ2v) is 4.05. The molecule has 102 valence electrons. The maximum Gasteiger partial charge on any atom is 0.422 e. The quantitative estimate of drug-likeness (QED) is 0.402. The normalized spacial score (nSPS) is 11.8. The maximum atomic E-state index is 11.9. The van der Waals surface area contributed by atoms with Crippen LogP contribution in [0.4, 0.5) is 18.9 Å². The fourth-order valence-electron chi connectivity index (χ4n) is 1.07. The molecule has 0 amide bonds. The molecule has 0 aliphatic carbocycles. The maximum absolute atomic E-state index is 11.9. The molecule has 0 bridgehead atoms. The largest absolute Gasteiger partial charge is 0.484 e. The number of rotatable bonds is 3. The highest BCUT2D eigenvalue weighted by Gasteiger charge is 2.28. The third-order valence-corrected chi connectivity index (χ3v) is 2.41. The van der Waals surface area contributed by atoms with Gasteiger partial charge in [-0.3, -0.25) is 5.32 Å². The van der Waals surface area contributed by atoms with Crippen molar-refractivity contribution in [3.05, 3.63) is 24.3 Å². The monoisotopic (exact) mass is 289 g/mol. The lowest BCUT2D eigenvalue weighted by atomic mass is 10.3. The highest BCUT2D eigenvalue weighted by atomic mass is 32.2. The van der Waals surface area contributed by atoms with Crippen LogP contribution in [-0.4, -0.2) is 24.2 Å². The van der Waals surface area contributed by atoms with Gasteiger partial charge in [0.1, 0.15) is 5.75 Å². The molecule has 0 saturated carbocycles. The number of amidine groups is 1. The van der Waals surface area contributed by atoms with Crippen molar-refractivity contribution < 1.29 is 17.9 Å². The summed E-state index contributed by atoms with van der Waals surface area (Å²) in [6, 6.07) is 5.77. The fraction of sp³-hybridized carbons (Fsp3) is 0.273. The van der Waals surface area contributed by atoms with E-state index >= 15 is 0 Å². The number of hydrogen-bond donors (Lipinski definition) is 1. The fourth-order valence-corrected chi connectivity index (χ4v) is 1.42. The molecular weight excluding hydrogens is 279 g/mol. The van der Waals surface area contributed by atoms with Gasteiger partial charge in [-0.05, 0) is 30.5 Å². The number of ether oxygens (including phenoxy) is 1. The average molecular weight is 289 g/mol. The van der Waals surface area contributed by atoms with E-state index in [1.54, 1.807) is 12.4 Å². The zero-order valence-electron chi connectivity index (χ0n) is 9.86. The number of nitrogens with zero attached hydrogens (tertiary/aromatic N) is 2. The van der Waals surface area contributed by atoms with Crippen molar-refractivity contribution in [2.75, 3.05) is 12.9 Å². The Balaban J connectivity index is 2.69. The van der Waals surface area contributed by atoms with Gasteiger partial charge in [-0.1, -0.05) is 11.8 Å². The molecule has 1 aromatic rings. The first-order valence-electron chi connectivity index (χ1n) is 5.02. The Hall–Kier alpha value is -1.88. The van der Waals surface area contributed by atoms with E-state index in [1.807, 2.05) is 0 Å². The molecule has 0 heterocycles. The van der Waals surface area contributed by atoms with Crippen LogP contribution >= 0.6 is 11.8 Å². The SMILES string of the molecule is CSC(=Nc1ccc(OCC(F)(F)F)cc1)NC#N. The van der Waals surface area contributed by atoms with Crippen molar-refractivity contribution in [3.63, 3.8) is 0 Å². The van der Waals surface area contributed by atoms with Crippen LogP contribution in [0.25, 0.3) is 0 Å². The van der Waals surface area contributed by atoms with Gasteiger partial charge in [0.2, 0.25) is 0 Å². The zero-order valence-corrected chi connectivity index (χ0v) is 10.7. The number of halogens is 3. The Morgan fingerprint density at radius 1 is 1.42 bits per heavy atom. The summed E-state index contributed by atoms with van der Waals surface area (Å²) in [5.74, 6) is 0.107. The Kier molecular flexibility index (Phi) is 5.51. The van der Waals surface area contributed by atoms with Crippen molar-refractivity contribution in [3.8, 4) is 11.9 Å². The predicted octanol–water partition coefficient (Wildman–Crippen LogP) is 3.05. The van der Waals surface area contributed by atoms with E-state index in [0.717, 1.165) is 0 Å². The van der Waals surface area contributed by atoms with Crippen LogP contribution in [0.1, 0.15) is 0 Å². The van der Waals surface area contributed by atoms with Gasteiger partial charge in [0.25, 0.3) is 0 Å². The molecule has 1 rings (SSSR count). The van der Waals surface area contributed by atoms with Crippen molar-refractivity contribution >= 4 is 22.6 Å². The second kappa shape index (κ2) is 6.89. The van der Waals surface area contributed by atoms with Crippen LogP contribution in [-0.2, 0) is 0 Å². The molecule has 0 aliphatic rings. The second-order valence-electron chi connectivity index (χ2n) is 3.26. The molecule has 4 nitrogen and oxygen atoms in total. The van der Waals surface area contributed by atoms with Gasteiger partial charge in [0.05, 0.1) is 5.69 Å². The first-order chi connectivity index (χ1) is 8.94. The molecule has 0 saturated heterocycles. The molecule has 0 spiro atoms. The number of nitriles is 1. The summed E-state index contributed by atoms with van der Waals surface area (Å²) in [6.45, 7) is -1.33. The lowest BCUT2D eigenvalue weighted by Gasteiger charge is -2.09. The molecule has 0 fully saturated rings. The minimum atomic E-state index is -4.36. The molecule has 0 aromatic heterocycles. The van der Waals surface area contributed by atoms with Crippen LogP contribution in [0.15, 0.2) is 29.3 Å². The van der Waals surface area contributed by atoms with Crippen molar-refractivity contribution in [2.24, 2.45) is 4.99 Å². The smallest absolute Gasteiger partial charge is 0.422 e. The van der Waals surface area contributed by atoms with Gasteiger partial charge in [0, 0.05) is 0 Å². The summed E-state index contributed by atoms with van der Waals surface area (Å²) >= 11 is 1.24. The van der Waals surface area contributed by atoms with Crippen LogP contribution in [0.2, 0.25) is 0 Å². The van der Waals surface area contributed by atoms with E-state index in [4.69, 9.17) is 5.26 Å². The number of thioether (sulfide) groups is 1. The number of aliphatic imine (C=N–C) groups is 1. The number of benzene rings is 1. The first kappa shape index (κ1) is 15.2. The molecule has 0 unspecified atom stereocenters. The van der Waals surface area contributed by atoms with Crippen LogP contribution < -0.4 is 10.1 Å².